The van der Waals surface area contributed by atoms with Gasteiger partial charge in [-0.1, -0.05) is 53.0 Å². The van der Waals surface area contributed by atoms with Gasteiger partial charge in [-0.05, 0) is 30.3 Å². The first-order valence-electron chi connectivity index (χ1n) is 10.1. The Kier molecular flexibility index (Phi) is 6.94. The van der Waals surface area contributed by atoms with Crippen LogP contribution < -0.4 is 14.4 Å². The summed E-state index contributed by atoms with van der Waals surface area (Å²) in [6.07, 6.45) is 0. The van der Waals surface area contributed by atoms with Gasteiger partial charge in [0.2, 0.25) is 0 Å². The van der Waals surface area contributed by atoms with Crippen LogP contribution in [0.2, 0.25) is 15.1 Å². The highest BCUT2D eigenvalue weighted by Gasteiger charge is 2.48. The zero-order valence-corrected chi connectivity index (χ0v) is 20.6. The molecule has 6 nitrogen and oxygen atoms in total. The second-order valence-corrected chi connectivity index (χ2v) is 8.70. The van der Waals surface area contributed by atoms with Gasteiger partial charge in [0.1, 0.15) is 23.1 Å². The average molecular weight is 537 g/mol. The van der Waals surface area contributed by atoms with E-state index in [2.05, 4.69) is 0 Å². The summed E-state index contributed by atoms with van der Waals surface area (Å²) in [6, 6.07) is 11.4. The Hall–Kier alpha value is -3.26. The van der Waals surface area contributed by atoms with Crippen LogP contribution in [-0.2, 0) is 9.59 Å². The lowest BCUT2D eigenvalue weighted by Crippen LogP contribution is -2.29. The highest BCUT2D eigenvalue weighted by Crippen LogP contribution is 2.46. The molecule has 1 N–H and O–H groups in total. The summed E-state index contributed by atoms with van der Waals surface area (Å²) in [5.41, 5.74) is -0.163. The minimum Gasteiger partial charge on any atom is -0.507 e. The highest BCUT2D eigenvalue weighted by atomic mass is 35.5. The van der Waals surface area contributed by atoms with Crippen LogP contribution in [0.4, 0.5) is 10.1 Å². The van der Waals surface area contributed by atoms with Crippen LogP contribution in [0.5, 0.6) is 11.5 Å². The molecule has 1 amide bonds. The topological polar surface area (TPSA) is 76.1 Å². The van der Waals surface area contributed by atoms with Crippen LogP contribution in [-0.4, -0.2) is 31.0 Å². The van der Waals surface area contributed by atoms with Crippen molar-refractivity contribution in [3.63, 3.8) is 0 Å². The number of rotatable bonds is 5. The van der Waals surface area contributed by atoms with Crippen molar-refractivity contribution in [2.24, 2.45) is 0 Å². The lowest BCUT2D eigenvalue weighted by molar-refractivity contribution is -0.132. The molecule has 4 rings (SSSR count). The van der Waals surface area contributed by atoms with Crippen LogP contribution >= 0.6 is 34.8 Å². The van der Waals surface area contributed by atoms with E-state index >= 15 is 4.39 Å². The molecule has 0 aromatic heterocycles. The lowest BCUT2D eigenvalue weighted by atomic mass is 9.94. The number of ether oxygens (including phenoxy) is 2. The Morgan fingerprint density at radius 3 is 2.23 bits per heavy atom. The molecule has 1 heterocycles. The van der Waals surface area contributed by atoms with Crippen LogP contribution in [0, 0.1) is 5.82 Å². The lowest BCUT2D eigenvalue weighted by Gasteiger charge is -2.26. The van der Waals surface area contributed by atoms with Crippen molar-refractivity contribution in [3.8, 4) is 11.5 Å². The summed E-state index contributed by atoms with van der Waals surface area (Å²) in [6.45, 7) is 0. The fourth-order valence-electron chi connectivity index (χ4n) is 3.92. The highest BCUT2D eigenvalue weighted by molar-refractivity contribution is 6.52. The van der Waals surface area contributed by atoms with Gasteiger partial charge in [-0.15, -0.1) is 0 Å². The molecule has 10 heteroatoms. The van der Waals surface area contributed by atoms with E-state index in [1.165, 1.54) is 62.8 Å². The van der Waals surface area contributed by atoms with Crippen LogP contribution in [0.3, 0.4) is 0 Å². The smallest absolute Gasteiger partial charge is 0.300 e. The van der Waals surface area contributed by atoms with E-state index in [-0.39, 0.29) is 49.0 Å². The van der Waals surface area contributed by atoms with Gasteiger partial charge in [0.25, 0.3) is 11.7 Å². The second-order valence-electron chi connectivity index (χ2n) is 7.48. The SMILES string of the molecule is COc1cc(OC)c(/C(O)=C2\C(=O)C(=O)N(c3ccc(Cl)c(Cl)c3)C2c2ccccc2F)cc1Cl. The average Bonchev–Trinajstić information content (AvgIpc) is 3.10. The Balaban J connectivity index is 2.02. The number of ketones is 1. The zero-order chi connectivity index (χ0) is 25.4. The summed E-state index contributed by atoms with van der Waals surface area (Å²) < 4.78 is 25.5. The molecule has 1 saturated heterocycles. The second kappa shape index (κ2) is 9.77. The van der Waals surface area contributed by atoms with Gasteiger partial charge in [-0.3, -0.25) is 14.5 Å². The van der Waals surface area contributed by atoms with Crippen LogP contribution in [0.1, 0.15) is 17.2 Å². The number of hydrogen-bond donors (Lipinski definition) is 1. The van der Waals surface area contributed by atoms with Crippen molar-refractivity contribution in [2.45, 2.75) is 6.04 Å². The molecule has 0 bridgehead atoms. The van der Waals surface area contributed by atoms with Gasteiger partial charge in [-0.25, -0.2) is 4.39 Å². The van der Waals surface area contributed by atoms with Gasteiger partial charge < -0.3 is 14.6 Å². The number of hydrogen-bond acceptors (Lipinski definition) is 5. The van der Waals surface area contributed by atoms with Crippen molar-refractivity contribution in [2.75, 3.05) is 19.1 Å². The fourth-order valence-corrected chi connectivity index (χ4v) is 4.45. The van der Waals surface area contributed by atoms with Crippen LogP contribution in [0.15, 0.2) is 60.2 Å². The maximum Gasteiger partial charge on any atom is 0.300 e. The summed E-state index contributed by atoms with van der Waals surface area (Å²) in [5, 5.41) is 11.8. The van der Waals surface area contributed by atoms with E-state index in [0.717, 1.165) is 4.90 Å². The number of Topliss-reactive ketones (excluding diaryl/α,β-unsaturated/α-hetero) is 1. The first kappa shape index (κ1) is 24.9. The third-order valence-corrected chi connectivity index (χ3v) is 6.59. The number of methoxy groups -OCH3 is 2. The fraction of sp³-hybridized carbons (Fsp3) is 0.120. The monoisotopic (exact) mass is 535 g/mol. The molecule has 0 saturated carbocycles. The maximum atomic E-state index is 15.0. The van der Waals surface area contributed by atoms with Crippen molar-refractivity contribution < 1.29 is 28.6 Å². The molecule has 1 aliphatic rings. The van der Waals surface area contributed by atoms with Crippen molar-refractivity contribution >= 4 is 57.9 Å². The zero-order valence-electron chi connectivity index (χ0n) is 18.3. The summed E-state index contributed by atoms with van der Waals surface area (Å²) in [5.74, 6) is -2.91. The third kappa shape index (κ3) is 4.31. The van der Waals surface area contributed by atoms with Gasteiger partial charge in [0.15, 0.2) is 0 Å². The van der Waals surface area contributed by atoms with Crippen LogP contribution in [0.25, 0.3) is 5.76 Å². The molecule has 180 valence electrons. The van der Waals surface area contributed by atoms with Crippen molar-refractivity contribution in [3.05, 3.63) is 92.2 Å². The number of nitrogens with zero attached hydrogens (tertiary/aromatic N) is 1. The predicted octanol–water partition coefficient (Wildman–Crippen LogP) is 6.43. The molecule has 35 heavy (non-hydrogen) atoms. The number of amides is 1. The van der Waals surface area contributed by atoms with Crippen molar-refractivity contribution in [1.29, 1.82) is 0 Å². The van der Waals surface area contributed by atoms with Gasteiger partial charge >= 0.3 is 0 Å². The van der Waals surface area contributed by atoms with E-state index in [0.29, 0.717) is 0 Å². The Bertz CT molecular complexity index is 1390. The van der Waals surface area contributed by atoms with E-state index in [4.69, 9.17) is 44.3 Å². The number of aliphatic hydroxyl groups excluding tert-OH is 1. The Morgan fingerprint density at radius 1 is 0.914 bits per heavy atom. The number of benzene rings is 3. The molecular weight excluding hydrogens is 520 g/mol. The molecule has 0 aliphatic carbocycles. The minimum absolute atomic E-state index is 0.0158. The molecule has 1 unspecified atom stereocenters. The molecule has 0 radical (unpaired) electrons. The van der Waals surface area contributed by atoms with E-state index in [1.54, 1.807) is 6.07 Å². The summed E-state index contributed by atoms with van der Waals surface area (Å²) in [7, 11) is 2.75. The largest absolute Gasteiger partial charge is 0.507 e. The molecule has 1 atom stereocenters. The Labute approximate surface area is 215 Å². The van der Waals surface area contributed by atoms with Gasteiger partial charge in [0, 0.05) is 17.3 Å². The van der Waals surface area contributed by atoms with E-state index in [9.17, 15) is 14.7 Å². The molecule has 1 fully saturated rings. The number of anilines is 1. The predicted molar refractivity (Wildman–Crippen MR) is 132 cm³/mol. The number of carbonyl (C=O) groups is 2. The number of aliphatic hydroxyl groups is 1. The van der Waals surface area contributed by atoms with Gasteiger partial charge in [0.05, 0.1) is 46.5 Å². The standard InChI is InChI=1S/C25H17Cl3FNO5/c1-34-19-11-20(35-2)17(28)10-14(19)23(31)21-22(13-5-3-4-6-18(13)29)30(25(33)24(21)32)12-7-8-15(26)16(27)9-12/h3-11,22,31H,1-2H3/b23-21+. The first-order chi connectivity index (χ1) is 16.7. The minimum atomic E-state index is -1.32. The molecule has 1 aliphatic heterocycles. The molecule has 0 spiro atoms. The summed E-state index contributed by atoms with van der Waals surface area (Å²) >= 11 is 18.4. The Morgan fingerprint density at radius 2 is 1.60 bits per heavy atom. The normalized spacial score (nSPS) is 17.1. The van der Waals surface area contributed by atoms with Gasteiger partial charge in [-0.2, -0.15) is 0 Å². The van der Waals surface area contributed by atoms with E-state index < -0.39 is 29.3 Å². The first-order valence-corrected chi connectivity index (χ1v) is 11.2. The molecular formula is C25H17Cl3FNO5. The molecule has 3 aromatic carbocycles. The van der Waals surface area contributed by atoms with Crippen molar-refractivity contribution in [1.82, 2.24) is 0 Å². The summed E-state index contributed by atoms with van der Waals surface area (Å²) in [4.78, 5) is 27.6. The number of halogens is 4. The quantitative estimate of drug-likeness (QED) is 0.231. The number of carbonyl (C=O) groups excluding carboxylic acids is 2. The molecule has 3 aromatic rings. The maximum absolute atomic E-state index is 15.0. The van der Waals surface area contributed by atoms with E-state index in [1.807, 2.05) is 0 Å². The third-order valence-electron chi connectivity index (χ3n) is 5.55.